The van der Waals surface area contributed by atoms with E-state index in [2.05, 4.69) is 15.3 Å². The van der Waals surface area contributed by atoms with E-state index in [-0.39, 0.29) is 16.6 Å². The summed E-state index contributed by atoms with van der Waals surface area (Å²) in [6.07, 6.45) is 0. The number of nitrogens with two attached hydrogens (primary N) is 1. The molecule has 31 heavy (non-hydrogen) atoms. The molecule has 10 heteroatoms. The average molecular weight is 471 g/mol. The van der Waals surface area contributed by atoms with Crippen LogP contribution in [0.5, 0.6) is 0 Å². The van der Waals surface area contributed by atoms with Crippen molar-refractivity contribution in [2.45, 2.75) is 16.8 Å². The normalized spacial score (nSPS) is 11.5. The summed E-state index contributed by atoms with van der Waals surface area (Å²) in [7, 11) is -3.84. The lowest BCUT2D eigenvalue weighted by Gasteiger charge is -2.07. The molecule has 2 heterocycles. The molecule has 4 rings (SSSR count). The third kappa shape index (κ3) is 5.10. The summed E-state index contributed by atoms with van der Waals surface area (Å²) in [6, 6.07) is 17.9. The number of anilines is 1. The molecule has 4 aromatic rings. The minimum absolute atomic E-state index is 0.0576. The number of aromatic nitrogens is 2. The first-order chi connectivity index (χ1) is 14.8. The van der Waals surface area contributed by atoms with Gasteiger partial charge in [0.05, 0.1) is 10.6 Å². The third-order valence-corrected chi connectivity index (χ3v) is 7.29. The molecule has 158 valence electrons. The van der Waals surface area contributed by atoms with Gasteiger partial charge in [0.15, 0.2) is 0 Å². The molecule has 0 fully saturated rings. The maximum absolute atomic E-state index is 12.4. The number of hydrogen-bond donors (Lipinski definition) is 2. The number of nitrogens with zero attached hydrogens (tertiary/aromatic N) is 2. The number of hydrogen-bond acceptors (Lipinski definition) is 7. The topological polar surface area (TPSA) is 115 Å². The van der Waals surface area contributed by atoms with Crippen molar-refractivity contribution in [2.24, 2.45) is 5.14 Å². The molecular formula is C21H18N4O3S3. The number of fused-ring (bicyclic) bond motifs is 1. The lowest BCUT2D eigenvalue weighted by atomic mass is 10.2. The number of carbonyl (C=O) groups excluding carboxylic acids is 1. The van der Waals surface area contributed by atoms with Gasteiger partial charge in [-0.15, -0.1) is 11.3 Å². The molecule has 0 aliphatic carbocycles. The number of carbonyl (C=O) groups is 1. The average Bonchev–Trinajstić information content (AvgIpc) is 3.16. The molecule has 2 aromatic heterocycles. The van der Waals surface area contributed by atoms with Crippen LogP contribution in [-0.2, 0) is 14.8 Å². The van der Waals surface area contributed by atoms with E-state index >= 15 is 0 Å². The van der Waals surface area contributed by atoms with Gasteiger partial charge in [-0.1, -0.05) is 48.2 Å². The highest BCUT2D eigenvalue weighted by atomic mass is 32.2. The van der Waals surface area contributed by atoms with E-state index in [1.54, 1.807) is 17.4 Å². The minimum Gasteiger partial charge on any atom is -0.325 e. The van der Waals surface area contributed by atoms with Crippen LogP contribution >= 0.6 is 23.1 Å². The Hall–Kier alpha value is -2.79. The summed E-state index contributed by atoms with van der Waals surface area (Å²) < 4.78 is 23.0. The molecule has 0 aliphatic heterocycles. The number of aryl methyl sites for hydroxylation is 1. The van der Waals surface area contributed by atoms with Gasteiger partial charge in [0.2, 0.25) is 15.9 Å². The summed E-state index contributed by atoms with van der Waals surface area (Å²) in [4.78, 5) is 23.4. The molecule has 0 saturated heterocycles. The molecule has 0 atom stereocenters. The molecule has 2 aromatic carbocycles. The molecule has 0 unspecified atom stereocenters. The predicted octanol–water partition coefficient (Wildman–Crippen LogP) is 4.04. The lowest BCUT2D eigenvalue weighted by molar-refractivity contribution is -0.113. The zero-order chi connectivity index (χ0) is 22.0. The van der Waals surface area contributed by atoms with Crippen molar-refractivity contribution in [1.29, 1.82) is 0 Å². The summed E-state index contributed by atoms with van der Waals surface area (Å²) in [5, 5.41) is 9.48. The first-order valence-corrected chi connectivity index (χ1v) is 12.5. The Morgan fingerprint density at radius 2 is 1.87 bits per heavy atom. The van der Waals surface area contributed by atoms with Gasteiger partial charge >= 0.3 is 0 Å². The highest BCUT2D eigenvalue weighted by molar-refractivity contribution is 8.00. The largest absolute Gasteiger partial charge is 0.325 e. The van der Waals surface area contributed by atoms with Crippen molar-refractivity contribution in [2.75, 3.05) is 11.1 Å². The molecule has 0 aliphatic rings. The second-order valence-corrected chi connectivity index (χ2v) is 10.2. The third-order valence-electron chi connectivity index (χ3n) is 4.31. The van der Waals surface area contributed by atoms with E-state index in [0.29, 0.717) is 11.5 Å². The number of sulfonamides is 1. The highest BCUT2D eigenvalue weighted by Gasteiger charge is 2.14. The maximum atomic E-state index is 12.4. The van der Waals surface area contributed by atoms with Crippen LogP contribution in [0.2, 0.25) is 0 Å². The van der Waals surface area contributed by atoms with Crippen molar-refractivity contribution in [3.63, 3.8) is 0 Å². The Bertz CT molecular complexity index is 1370. The number of thiophene rings is 1. The quantitative estimate of drug-likeness (QED) is 0.325. The molecule has 3 N–H and O–H groups in total. The second-order valence-electron chi connectivity index (χ2n) is 6.68. The highest BCUT2D eigenvalue weighted by Crippen LogP contribution is 2.36. The second kappa shape index (κ2) is 8.75. The zero-order valence-corrected chi connectivity index (χ0v) is 18.9. The van der Waals surface area contributed by atoms with Crippen LogP contribution < -0.4 is 10.5 Å². The number of primary sulfonamides is 1. The van der Waals surface area contributed by atoms with Crippen LogP contribution in [0.15, 0.2) is 70.6 Å². The standard InChI is InChI=1S/C21H18N4O3S3/c1-13-23-20(17-11-18(30-21(17)24-13)14-6-3-2-4-7-14)29-12-19(26)25-15-8-5-9-16(10-15)31(22,27)28/h2-11H,12H2,1H3,(H,25,26)(H2,22,27,28). The van der Waals surface area contributed by atoms with Crippen molar-refractivity contribution < 1.29 is 13.2 Å². The van der Waals surface area contributed by atoms with E-state index in [9.17, 15) is 13.2 Å². The number of benzene rings is 2. The van der Waals surface area contributed by atoms with Crippen LogP contribution in [0.25, 0.3) is 20.7 Å². The van der Waals surface area contributed by atoms with Crippen molar-refractivity contribution in [3.8, 4) is 10.4 Å². The van der Waals surface area contributed by atoms with E-state index in [1.165, 1.54) is 30.0 Å². The van der Waals surface area contributed by atoms with Crippen LogP contribution in [0, 0.1) is 6.92 Å². The van der Waals surface area contributed by atoms with E-state index in [4.69, 9.17) is 5.14 Å². The van der Waals surface area contributed by atoms with Gasteiger partial charge in [-0.25, -0.2) is 23.5 Å². The molecule has 1 amide bonds. The summed E-state index contributed by atoms with van der Waals surface area (Å²) in [6.45, 7) is 1.82. The number of nitrogens with one attached hydrogen (secondary N) is 1. The monoisotopic (exact) mass is 470 g/mol. The molecule has 0 bridgehead atoms. The van der Waals surface area contributed by atoms with Crippen molar-refractivity contribution in [1.82, 2.24) is 9.97 Å². The lowest BCUT2D eigenvalue weighted by Crippen LogP contribution is -2.16. The Morgan fingerprint density at radius 3 is 2.61 bits per heavy atom. The van der Waals surface area contributed by atoms with Crippen LogP contribution in [0.3, 0.4) is 0 Å². The van der Waals surface area contributed by atoms with E-state index in [0.717, 1.165) is 25.7 Å². The van der Waals surface area contributed by atoms with Gasteiger partial charge in [0.1, 0.15) is 15.7 Å². The fourth-order valence-corrected chi connectivity index (χ4v) is 5.49. The van der Waals surface area contributed by atoms with Crippen molar-refractivity contribution >= 4 is 54.9 Å². The van der Waals surface area contributed by atoms with Gasteiger partial charge in [-0.05, 0) is 36.8 Å². The summed E-state index contributed by atoms with van der Waals surface area (Å²) in [5.74, 6) is 0.471. The fourth-order valence-electron chi connectivity index (χ4n) is 2.93. The molecule has 0 radical (unpaired) electrons. The smallest absolute Gasteiger partial charge is 0.238 e. The first-order valence-electron chi connectivity index (χ1n) is 9.19. The Morgan fingerprint density at radius 1 is 1.10 bits per heavy atom. The zero-order valence-electron chi connectivity index (χ0n) is 16.4. The van der Waals surface area contributed by atoms with Crippen LogP contribution in [0.1, 0.15) is 5.82 Å². The minimum atomic E-state index is -3.84. The number of rotatable bonds is 6. The molecule has 0 spiro atoms. The Kier molecular flexibility index (Phi) is 6.05. The van der Waals surface area contributed by atoms with Crippen LogP contribution in [0.4, 0.5) is 5.69 Å². The van der Waals surface area contributed by atoms with E-state index < -0.39 is 10.0 Å². The van der Waals surface area contributed by atoms with Gasteiger partial charge in [-0.3, -0.25) is 4.79 Å². The first kappa shape index (κ1) is 21.4. The van der Waals surface area contributed by atoms with E-state index in [1.807, 2.05) is 43.3 Å². The Balaban J connectivity index is 1.52. The number of amides is 1. The fraction of sp³-hybridized carbons (Fsp3) is 0.0952. The van der Waals surface area contributed by atoms with Gasteiger partial charge in [0, 0.05) is 16.0 Å². The molecule has 0 saturated carbocycles. The predicted molar refractivity (Wildman–Crippen MR) is 125 cm³/mol. The molecule has 7 nitrogen and oxygen atoms in total. The number of thioether (sulfide) groups is 1. The Labute approximate surface area is 187 Å². The molecular weight excluding hydrogens is 452 g/mol. The SMILES string of the molecule is Cc1nc(SCC(=O)Nc2cccc(S(N)(=O)=O)c2)c2cc(-c3ccccc3)sc2n1. The summed E-state index contributed by atoms with van der Waals surface area (Å²) in [5.41, 5.74) is 1.47. The maximum Gasteiger partial charge on any atom is 0.238 e. The summed E-state index contributed by atoms with van der Waals surface area (Å²) >= 11 is 2.90. The van der Waals surface area contributed by atoms with Gasteiger partial charge < -0.3 is 5.32 Å². The van der Waals surface area contributed by atoms with Crippen molar-refractivity contribution in [3.05, 3.63) is 66.5 Å². The van der Waals surface area contributed by atoms with Gasteiger partial charge in [0.25, 0.3) is 0 Å². The van der Waals surface area contributed by atoms with Crippen LogP contribution in [-0.4, -0.2) is 30.0 Å². The van der Waals surface area contributed by atoms with Gasteiger partial charge in [-0.2, -0.15) is 0 Å².